The molecule has 1 amide bonds. The highest BCUT2D eigenvalue weighted by molar-refractivity contribution is 7.08. The summed E-state index contributed by atoms with van der Waals surface area (Å²) < 4.78 is 5.63. The lowest BCUT2D eigenvalue weighted by Crippen LogP contribution is -2.24. The van der Waals surface area contributed by atoms with Crippen molar-refractivity contribution in [1.29, 1.82) is 0 Å². The van der Waals surface area contributed by atoms with Crippen molar-refractivity contribution in [1.82, 2.24) is 5.32 Å². The maximum absolute atomic E-state index is 11.7. The molecular weight excluding hydrogens is 270 g/mol. The first kappa shape index (κ1) is 14.6. The quantitative estimate of drug-likeness (QED) is 0.790. The van der Waals surface area contributed by atoms with E-state index in [1.807, 2.05) is 41.1 Å². The van der Waals surface area contributed by atoms with Crippen molar-refractivity contribution < 1.29 is 9.53 Å². The van der Waals surface area contributed by atoms with Crippen LogP contribution in [0.1, 0.15) is 28.8 Å². The van der Waals surface area contributed by atoms with Gasteiger partial charge < -0.3 is 10.1 Å². The summed E-state index contributed by atoms with van der Waals surface area (Å²) in [6, 6.07) is 9.87. The SMILES string of the molecule is Cc1ccc(OCCCCNC(=O)c2ccsc2)cc1. The zero-order chi connectivity index (χ0) is 14.2. The molecule has 1 aromatic heterocycles. The van der Waals surface area contributed by atoms with Crippen LogP contribution in [0.15, 0.2) is 41.1 Å². The molecular formula is C16H19NO2S. The van der Waals surface area contributed by atoms with E-state index in [2.05, 4.69) is 12.2 Å². The fourth-order valence-corrected chi connectivity index (χ4v) is 2.39. The lowest BCUT2D eigenvalue weighted by atomic mass is 10.2. The van der Waals surface area contributed by atoms with Crippen molar-refractivity contribution in [3.63, 3.8) is 0 Å². The van der Waals surface area contributed by atoms with E-state index in [-0.39, 0.29) is 5.91 Å². The molecule has 1 N–H and O–H groups in total. The lowest BCUT2D eigenvalue weighted by molar-refractivity contribution is 0.0953. The summed E-state index contributed by atoms with van der Waals surface area (Å²) in [4.78, 5) is 11.7. The monoisotopic (exact) mass is 289 g/mol. The second-order valence-corrected chi connectivity index (χ2v) is 5.42. The van der Waals surface area contributed by atoms with Gasteiger partial charge in [0.05, 0.1) is 6.61 Å². The number of carbonyl (C=O) groups excluding carboxylic acids is 1. The standard InChI is InChI=1S/C16H19NO2S/c1-13-4-6-15(7-5-13)19-10-3-2-9-17-16(18)14-8-11-20-12-14/h4-8,11-12H,2-3,9-10H2,1H3,(H,17,18). The molecule has 1 aromatic carbocycles. The van der Waals surface area contributed by atoms with Crippen LogP contribution in [0.5, 0.6) is 5.75 Å². The molecule has 0 unspecified atom stereocenters. The molecule has 2 rings (SSSR count). The fourth-order valence-electron chi connectivity index (χ4n) is 1.75. The summed E-state index contributed by atoms with van der Waals surface area (Å²) in [5.74, 6) is 0.906. The Labute approximate surface area is 123 Å². The second kappa shape index (κ2) is 7.70. The second-order valence-electron chi connectivity index (χ2n) is 4.64. The minimum absolute atomic E-state index is 0.00528. The average molecular weight is 289 g/mol. The molecule has 106 valence electrons. The smallest absolute Gasteiger partial charge is 0.252 e. The van der Waals surface area contributed by atoms with Crippen molar-refractivity contribution in [2.24, 2.45) is 0 Å². The molecule has 0 aliphatic heterocycles. The summed E-state index contributed by atoms with van der Waals surface area (Å²) in [5.41, 5.74) is 1.97. The van der Waals surface area contributed by atoms with Crippen LogP contribution in [-0.4, -0.2) is 19.1 Å². The Kier molecular flexibility index (Phi) is 5.62. The van der Waals surface area contributed by atoms with Gasteiger partial charge in [-0.15, -0.1) is 0 Å². The Morgan fingerprint density at radius 3 is 2.70 bits per heavy atom. The van der Waals surface area contributed by atoms with Gasteiger partial charge in [0.2, 0.25) is 0 Å². The number of aryl methyl sites for hydroxylation is 1. The van der Waals surface area contributed by atoms with Gasteiger partial charge in [0, 0.05) is 17.5 Å². The van der Waals surface area contributed by atoms with Gasteiger partial charge in [-0.25, -0.2) is 0 Å². The van der Waals surface area contributed by atoms with Gasteiger partial charge in [0.25, 0.3) is 5.91 Å². The van der Waals surface area contributed by atoms with Crippen molar-refractivity contribution in [3.8, 4) is 5.75 Å². The predicted octanol–water partition coefficient (Wildman–Crippen LogP) is 3.65. The van der Waals surface area contributed by atoms with E-state index in [1.54, 1.807) is 0 Å². The van der Waals surface area contributed by atoms with Crippen molar-refractivity contribution in [2.75, 3.05) is 13.2 Å². The Bertz CT molecular complexity index is 520. The molecule has 2 aromatic rings. The van der Waals surface area contributed by atoms with Gasteiger partial charge in [-0.1, -0.05) is 17.7 Å². The number of unbranched alkanes of at least 4 members (excludes halogenated alkanes) is 1. The molecule has 0 aliphatic carbocycles. The fraction of sp³-hybridized carbons (Fsp3) is 0.312. The van der Waals surface area contributed by atoms with Gasteiger partial charge in [-0.3, -0.25) is 4.79 Å². The highest BCUT2D eigenvalue weighted by atomic mass is 32.1. The molecule has 3 nitrogen and oxygen atoms in total. The molecule has 1 heterocycles. The molecule has 0 atom stereocenters. The van der Waals surface area contributed by atoms with Gasteiger partial charge >= 0.3 is 0 Å². The van der Waals surface area contributed by atoms with E-state index >= 15 is 0 Å². The van der Waals surface area contributed by atoms with E-state index in [0.717, 1.165) is 24.2 Å². The van der Waals surface area contributed by atoms with Crippen LogP contribution < -0.4 is 10.1 Å². The van der Waals surface area contributed by atoms with Crippen molar-refractivity contribution in [3.05, 3.63) is 52.2 Å². The molecule has 0 aliphatic rings. The molecule has 20 heavy (non-hydrogen) atoms. The number of hydrogen-bond acceptors (Lipinski definition) is 3. The first-order valence-corrected chi connectivity index (χ1v) is 7.70. The summed E-state index contributed by atoms with van der Waals surface area (Å²) in [6.45, 7) is 3.42. The number of amides is 1. The number of nitrogens with one attached hydrogen (secondary N) is 1. The Balaban J connectivity index is 1.56. The molecule has 0 fully saturated rings. The molecule has 0 spiro atoms. The van der Waals surface area contributed by atoms with Gasteiger partial charge in [0.15, 0.2) is 0 Å². The van der Waals surface area contributed by atoms with E-state index in [0.29, 0.717) is 13.2 Å². The molecule has 0 saturated carbocycles. The minimum Gasteiger partial charge on any atom is -0.494 e. The highest BCUT2D eigenvalue weighted by Crippen LogP contribution is 2.11. The van der Waals surface area contributed by atoms with Crippen LogP contribution in [0.4, 0.5) is 0 Å². The summed E-state index contributed by atoms with van der Waals surface area (Å²) >= 11 is 1.53. The first-order valence-electron chi connectivity index (χ1n) is 6.75. The highest BCUT2D eigenvalue weighted by Gasteiger charge is 2.03. The van der Waals surface area contributed by atoms with Crippen LogP contribution in [0.3, 0.4) is 0 Å². The van der Waals surface area contributed by atoms with Crippen molar-refractivity contribution >= 4 is 17.2 Å². The summed E-state index contributed by atoms with van der Waals surface area (Å²) in [5, 5.41) is 6.67. The van der Waals surface area contributed by atoms with Gasteiger partial charge in [-0.2, -0.15) is 11.3 Å². The maximum atomic E-state index is 11.7. The topological polar surface area (TPSA) is 38.3 Å². The Morgan fingerprint density at radius 1 is 1.20 bits per heavy atom. The average Bonchev–Trinajstić information content (AvgIpc) is 2.98. The third-order valence-corrected chi connectivity index (χ3v) is 3.61. The number of hydrogen-bond donors (Lipinski definition) is 1. The van der Waals surface area contributed by atoms with Crippen LogP contribution in [0.25, 0.3) is 0 Å². The van der Waals surface area contributed by atoms with E-state index in [9.17, 15) is 4.79 Å². The zero-order valence-electron chi connectivity index (χ0n) is 11.6. The van der Waals surface area contributed by atoms with Crippen molar-refractivity contribution in [2.45, 2.75) is 19.8 Å². The number of rotatable bonds is 7. The predicted molar refractivity (Wildman–Crippen MR) is 82.6 cm³/mol. The third kappa shape index (κ3) is 4.70. The van der Waals surface area contributed by atoms with Crippen LogP contribution in [0, 0.1) is 6.92 Å². The molecule has 0 radical (unpaired) electrons. The Morgan fingerprint density at radius 2 is 2.00 bits per heavy atom. The third-order valence-electron chi connectivity index (χ3n) is 2.93. The van der Waals surface area contributed by atoms with Gasteiger partial charge in [-0.05, 0) is 43.3 Å². The van der Waals surface area contributed by atoms with Gasteiger partial charge in [0.1, 0.15) is 5.75 Å². The molecule has 4 heteroatoms. The normalized spacial score (nSPS) is 10.2. The molecule has 0 saturated heterocycles. The Hall–Kier alpha value is -1.81. The van der Waals surface area contributed by atoms with E-state index in [1.165, 1.54) is 16.9 Å². The number of thiophene rings is 1. The zero-order valence-corrected chi connectivity index (χ0v) is 12.4. The van der Waals surface area contributed by atoms with Crippen LogP contribution in [0.2, 0.25) is 0 Å². The first-order chi connectivity index (χ1) is 9.75. The minimum atomic E-state index is 0.00528. The number of benzene rings is 1. The maximum Gasteiger partial charge on any atom is 0.252 e. The largest absolute Gasteiger partial charge is 0.494 e. The number of ether oxygens (including phenoxy) is 1. The summed E-state index contributed by atoms with van der Waals surface area (Å²) in [6.07, 6.45) is 1.85. The van der Waals surface area contributed by atoms with Crippen LogP contribution in [-0.2, 0) is 0 Å². The lowest BCUT2D eigenvalue weighted by Gasteiger charge is -2.07. The van der Waals surface area contributed by atoms with E-state index in [4.69, 9.17) is 4.74 Å². The molecule has 0 bridgehead atoms. The van der Waals surface area contributed by atoms with E-state index < -0.39 is 0 Å². The number of carbonyl (C=O) groups is 1. The van der Waals surface area contributed by atoms with Crippen LogP contribution >= 0.6 is 11.3 Å². The summed E-state index contributed by atoms with van der Waals surface area (Å²) in [7, 11) is 0.